The van der Waals surface area contributed by atoms with Gasteiger partial charge in [-0.15, -0.1) is 0 Å². The Morgan fingerprint density at radius 1 is 1.10 bits per heavy atom. The maximum absolute atomic E-state index is 13.7. The quantitative estimate of drug-likeness (QED) is 0.666. The number of hydrogen-bond acceptors (Lipinski definition) is 3. The number of halogens is 2. The van der Waals surface area contributed by atoms with E-state index >= 15 is 0 Å². The fraction of sp³-hybridized carbons (Fsp3) is 0. The van der Waals surface area contributed by atoms with Gasteiger partial charge >= 0.3 is 0 Å². The lowest BCUT2D eigenvalue weighted by molar-refractivity contribution is 0.0980. The number of carbonyl (C=O) groups is 2. The Balaban J connectivity index is 2.67. The molecule has 0 radical (unpaired) electrons. The average Bonchev–Trinajstić information content (AvgIpc) is 2.37. The molecule has 0 fully saturated rings. The number of rotatable bonds is 3. The topological polar surface area (TPSA) is 86.2 Å². The SMILES string of the molecule is NC(=O)c1cc(Br)cc(N)c1C(=O)c1ccccc1F. The van der Waals surface area contributed by atoms with Crippen molar-refractivity contribution in [2.24, 2.45) is 5.73 Å². The summed E-state index contributed by atoms with van der Waals surface area (Å²) in [6.07, 6.45) is 0. The van der Waals surface area contributed by atoms with Crippen molar-refractivity contribution in [1.82, 2.24) is 0 Å². The van der Waals surface area contributed by atoms with E-state index in [1.807, 2.05) is 0 Å². The minimum atomic E-state index is -0.808. The summed E-state index contributed by atoms with van der Waals surface area (Å²) in [6, 6.07) is 8.31. The normalized spacial score (nSPS) is 10.3. The first-order chi connectivity index (χ1) is 9.41. The van der Waals surface area contributed by atoms with Gasteiger partial charge in [0.2, 0.25) is 5.91 Å². The van der Waals surface area contributed by atoms with E-state index < -0.39 is 17.5 Å². The van der Waals surface area contributed by atoms with Crippen LogP contribution in [0.4, 0.5) is 10.1 Å². The van der Waals surface area contributed by atoms with Gasteiger partial charge in [-0.1, -0.05) is 28.1 Å². The van der Waals surface area contributed by atoms with E-state index in [1.54, 1.807) is 0 Å². The molecule has 0 atom stereocenters. The van der Waals surface area contributed by atoms with Crippen molar-refractivity contribution in [2.75, 3.05) is 5.73 Å². The summed E-state index contributed by atoms with van der Waals surface area (Å²) in [5.41, 5.74) is 10.8. The number of nitrogens with two attached hydrogens (primary N) is 2. The highest BCUT2D eigenvalue weighted by atomic mass is 79.9. The Kier molecular flexibility index (Phi) is 3.85. The molecule has 2 aromatic carbocycles. The number of benzene rings is 2. The zero-order chi connectivity index (χ0) is 14.9. The van der Waals surface area contributed by atoms with Crippen LogP contribution in [0.25, 0.3) is 0 Å². The second-order valence-electron chi connectivity index (χ2n) is 4.09. The molecule has 0 aromatic heterocycles. The Labute approximate surface area is 122 Å². The predicted molar refractivity (Wildman–Crippen MR) is 76.9 cm³/mol. The molecule has 0 aliphatic carbocycles. The van der Waals surface area contributed by atoms with Gasteiger partial charge in [-0.05, 0) is 24.3 Å². The lowest BCUT2D eigenvalue weighted by Crippen LogP contribution is -2.19. The third-order valence-corrected chi connectivity index (χ3v) is 3.20. The zero-order valence-corrected chi connectivity index (χ0v) is 11.8. The van der Waals surface area contributed by atoms with Gasteiger partial charge in [0.05, 0.1) is 16.7 Å². The summed E-state index contributed by atoms with van der Waals surface area (Å²) in [6.45, 7) is 0. The monoisotopic (exact) mass is 336 g/mol. The van der Waals surface area contributed by atoms with Crippen LogP contribution in [0.2, 0.25) is 0 Å². The molecule has 20 heavy (non-hydrogen) atoms. The van der Waals surface area contributed by atoms with E-state index in [4.69, 9.17) is 11.5 Å². The highest BCUT2D eigenvalue weighted by Gasteiger charge is 2.22. The first kappa shape index (κ1) is 14.2. The van der Waals surface area contributed by atoms with Crippen LogP contribution in [0, 0.1) is 5.82 Å². The molecule has 0 aliphatic rings. The van der Waals surface area contributed by atoms with E-state index in [0.717, 1.165) is 6.07 Å². The summed E-state index contributed by atoms with van der Waals surface area (Å²) < 4.78 is 14.2. The third kappa shape index (κ3) is 2.55. The molecule has 0 saturated heterocycles. The fourth-order valence-electron chi connectivity index (χ4n) is 1.86. The van der Waals surface area contributed by atoms with Crippen molar-refractivity contribution in [1.29, 1.82) is 0 Å². The van der Waals surface area contributed by atoms with Gasteiger partial charge in [0.25, 0.3) is 0 Å². The number of primary amides is 1. The molecule has 0 bridgehead atoms. The molecule has 102 valence electrons. The lowest BCUT2D eigenvalue weighted by atomic mass is 9.96. The maximum atomic E-state index is 13.7. The van der Waals surface area contributed by atoms with Gasteiger partial charge in [-0.2, -0.15) is 0 Å². The summed E-state index contributed by atoms with van der Waals surface area (Å²) in [4.78, 5) is 23.8. The van der Waals surface area contributed by atoms with Crippen LogP contribution in [0.1, 0.15) is 26.3 Å². The van der Waals surface area contributed by atoms with Crippen molar-refractivity contribution in [2.45, 2.75) is 0 Å². The van der Waals surface area contributed by atoms with Crippen LogP contribution in [-0.4, -0.2) is 11.7 Å². The molecule has 0 saturated carbocycles. The van der Waals surface area contributed by atoms with Crippen molar-refractivity contribution < 1.29 is 14.0 Å². The Bertz CT molecular complexity index is 716. The standard InChI is InChI=1S/C14H10BrFN2O2/c15-7-5-9(14(18)20)12(11(17)6-7)13(19)8-3-1-2-4-10(8)16/h1-6H,17H2,(H2,18,20). The number of anilines is 1. The largest absolute Gasteiger partial charge is 0.398 e. The van der Waals surface area contributed by atoms with Crippen LogP contribution in [0.5, 0.6) is 0 Å². The molecule has 0 heterocycles. The van der Waals surface area contributed by atoms with E-state index in [1.165, 1.54) is 30.3 Å². The van der Waals surface area contributed by atoms with Gasteiger partial charge in [-0.3, -0.25) is 9.59 Å². The molecule has 0 aliphatic heterocycles. The first-order valence-electron chi connectivity index (χ1n) is 5.60. The Morgan fingerprint density at radius 2 is 1.75 bits per heavy atom. The van der Waals surface area contributed by atoms with E-state index in [9.17, 15) is 14.0 Å². The third-order valence-electron chi connectivity index (χ3n) is 2.74. The van der Waals surface area contributed by atoms with Gasteiger partial charge in [0.1, 0.15) is 5.82 Å². The lowest BCUT2D eigenvalue weighted by Gasteiger charge is -2.10. The second kappa shape index (κ2) is 5.42. The van der Waals surface area contributed by atoms with Crippen LogP contribution in [0.3, 0.4) is 0 Å². The fourth-order valence-corrected chi connectivity index (χ4v) is 2.33. The van der Waals surface area contributed by atoms with E-state index in [-0.39, 0.29) is 22.4 Å². The number of nitrogen functional groups attached to an aromatic ring is 1. The number of carbonyl (C=O) groups excluding carboxylic acids is 2. The van der Waals surface area contributed by atoms with Gasteiger partial charge < -0.3 is 11.5 Å². The second-order valence-corrected chi connectivity index (χ2v) is 5.01. The summed E-state index contributed by atoms with van der Waals surface area (Å²) >= 11 is 3.16. The van der Waals surface area contributed by atoms with Crippen molar-refractivity contribution >= 4 is 33.3 Å². The molecule has 0 unspecified atom stereocenters. The molecule has 0 spiro atoms. The Morgan fingerprint density at radius 3 is 2.35 bits per heavy atom. The average molecular weight is 337 g/mol. The first-order valence-corrected chi connectivity index (χ1v) is 6.39. The Hall–Kier alpha value is -2.21. The van der Waals surface area contributed by atoms with Gasteiger partial charge in [0.15, 0.2) is 5.78 Å². The molecule has 2 rings (SSSR count). The number of amides is 1. The van der Waals surface area contributed by atoms with Crippen LogP contribution < -0.4 is 11.5 Å². The summed E-state index contributed by atoms with van der Waals surface area (Å²) in [5, 5.41) is 0. The predicted octanol–water partition coefficient (Wildman–Crippen LogP) is 2.50. The van der Waals surface area contributed by atoms with Gasteiger partial charge in [0, 0.05) is 10.2 Å². The van der Waals surface area contributed by atoms with Crippen molar-refractivity contribution in [3.8, 4) is 0 Å². The highest BCUT2D eigenvalue weighted by molar-refractivity contribution is 9.10. The molecular formula is C14H10BrFN2O2. The van der Waals surface area contributed by atoms with Crippen LogP contribution in [0.15, 0.2) is 40.9 Å². The van der Waals surface area contributed by atoms with Crippen molar-refractivity contribution in [3.05, 3.63) is 63.4 Å². The number of ketones is 1. The maximum Gasteiger partial charge on any atom is 0.249 e. The summed E-state index contributed by atoms with van der Waals surface area (Å²) in [7, 11) is 0. The molecule has 1 amide bonds. The molecule has 6 heteroatoms. The van der Waals surface area contributed by atoms with Gasteiger partial charge in [-0.25, -0.2) is 4.39 Å². The van der Waals surface area contributed by atoms with Crippen LogP contribution in [-0.2, 0) is 0 Å². The molecular weight excluding hydrogens is 327 g/mol. The van der Waals surface area contributed by atoms with E-state index in [2.05, 4.69) is 15.9 Å². The minimum Gasteiger partial charge on any atom is -0.398 e. The molecule has 2 aromatic rings. The summed E-state index contributed by atoms with van der Waals surface area (Å²) in [5.74, 6) is -2.17. The smallest absolute Gasteiger partial charge is 0.249 e. The number of hydrogen-bond donors (Lipinski definition) is 2. The minimum absolute atomic E-state index is 0.0508. The van der Waals surface area contributed by atoms with Crippen LogP contribution >= 0.6 is 15.9 Å². The molecule has 4 nitrogen and oxygen atoms in total. The highest BCUT2D eigenvalue weighted by Crippen LogP contribution is 2.26. The zero-order valence-electron chi connectivity index (χ0n) is 10.2. The van der Waals surface area contributed by atoms with E-state index in [0.29, 0.717) is 4.47 Å². The molecule has 4 N–H and O–H groups in total. The van der Waals surface area contributed by atoms with Crippen molar-refractivity contribution in [3.63, 3.8) is 0 Å².